The van der Waals surface area contributed by atoms with Crippen LogP contribution in [0, 0.1) is 18.3 Å². The van der Waals surface area contributed by atoms with E-state index in [0.717, 1.165) is 43.1 Å². The van der Waals surface area contributed by atoms with Crippen LogP contribution in [0.25, 0.3) is 0 Å². The van der Waals surface area contributed by atoms with Crippen LogP contribution in [-0.4, -0.2) is 46.2 Å². The monoisotopic (exact) mass is 347 g/mol. The molecule has 1 atom stereocenters. The third-order valence-electron chi connectivity index (χ3n) is 5.71. The summed E-state index contributed by atoms with van der Waals surface area (Å²) in [6, 6.07) is 0. The van der Waals surface area contributed by atoms with Crippen molar-refractivity contribution in [1.82, 2.24) is 14.8 Å². The number of hydrogen-bond donors (Lipinski definition) is 0. The first-order valence-electron chi connectivity index (χ1n) is 9.04. The Hall–Kier alpha value is -1.43. The number of aromatic nitrogens is 1. The topological polar surface area (TPSA) is 53.5 Å². The average Bonchev–Trinajstić information content (AvgIpc) is 3.23. The van der Waals surface area contributed by atoms with Gasteiger partial charge in [0.2, 0.25) is 11.8 Å². The van der Waals surface area contributed by atoms with Crippen LogP contribution < -0.4 is 0 Å². The molecule has 0 bridgehead atoms. The zero-order valence-electron chi connectivity index (χ0n) is 14.3. The molecule has 1 aromatic rings. The molecular weight excluding hydrogens is 322 g/mol. The molecule has 1 saturated carbocycles. The maximum Gasteiger partial charge on any atom is 0.231 e. The van der Waals surface area contributed by atoms with Crippen LogP contribution in [0.2, 0.25) is 0 Å². The minimum atomic E-state index is -0.331. The van der Waals surface area contributed by atoms with E-state index in [9.17, 15) is 9.59 Å². The minimum absolute atomic E-state index is 0.233. The van der Waals surface area contributed by atoms with Crippen molar-refractivity contribution in [1.29, 1.82) is 0 Å². The Bertz CT molecular complexity index is 654. The van der Waals surface area contributed by atoms with Crippen molar-refractivity contribution in [3.8, 4) is 0 Å². The number of carbonyl (C=O) groups is 2. The standard InChI is InChI=1S/C18H25N3O2S/c1-13-19-15(11-24-13)10-20-8-6-18(17(20)23)5-2-7-21(12-18)16(22)9-14-3-4-14/h11,14H,2-10,12H2,1H3. The van der Waals surface area contributed by atoms with E-state index >= 15 is 0 Å². The van der Waals surface area contributed by atoms with Gasteiger partial charge in [0.15, 0.2) is 0 Å². The Labute approximate surface area is 147 Å². The predicted octanol–water partition coefficient (Wildman–Crippen LogP) is 2.59. The second-order valence-electron chi connectivity index (χ2n) is 7.68. The zero-order chi connectivity index (χ0) is 16.7. The molecule has 1 aromatic heterocycles. The van der Waals surface area contributed by atoms with Gasteiger partial charge >= 0.3 is 0 Å². The number of nitrogens with zero attached hydrogens (tertiary/aromatic N) is 3. The Balaban J connectivity index is 1.42. The van der Waals surface area contributed by atoms with Crippen molar-refractivity contribution in [2.75, 3.05) is 19.6 Å². The molecule has 3 aliphatic rings. The minimum Gasteiger partial charge on any atom is -0.342 e. The predicted molar refractivity (Wildman–Crippen MR) is 92.5 cm³/mol. The van der Waals surface area contributed by atoms with E-state index in [1.54, 1.807) is 11.3 Å². The van der Waals surface area contributed by atoms with Gasteiger partial charge in [-0.2, -0.15) is 0 Å². The quantitative estimate of drug-likeness (QED) is 0.841. The van der Waals surface area contributed by atoms with Gasteiger partial charge in [-0.3, -0.25) is 9.59 Å². The van der Waals surface area contributed by atoms with Gasteiger partial charge in [-0.25, -0.2) is 4.98 Å². The Morgan fingerprint density at radius 3 is 2.92 bits per heavy atom. The third kappa shape index (κ3) is 3.08. The van der Waals surface area contributed by atoms with E-state index in [2.05, 4.69) is 4.98 Å². The molecule has 1 spiro atoms. The summed E-state index contributed by atoms with van der Waals surface area (Å²) in [4.78, 5) is 33.9. The largest absolute Gasteiger partial charge is 0.342 e. The number of hydrogen-bond acceptors (Lipinski definition) is 4. The van der Waals surface area contributed by atoms with Crippen molar-refractivity contribution in [2.45, 2.75) is 52.0 Å². The van der Waals surface area contributed by atoms with E-state index < -0.39 is 0 Å². The zero-order valence-corrected chi connectivity index (χ0v) is 15.1. The van der Waals surface area contributed by atoms with Crippen LogP contribution in [0.5, 0.6) is 0 Å². The maximum atomic E-state index is 13.1. The second kappa shape index (κ2) is 6.14. The van der Waals surface area contributed by atoms with Gasteiger partial charge in [0, 0.05) is 31.4 Å². The molecule has 24 heavy (non-hydrogen) atoms. The van der Waals surface area contributed by atoms with Gasteiger partial charge in [0.25, 0.3) is 0 Å². The third-order valence-corrected chi connectivity index (χ3v) is 6.53. The fourth-order valence-electron chi connectivity index (χ4n) is 4.14. The number of piperidine rings is 1. The SMILES string of the molecule is Cc1nc(CN2CCC3(CCCN(C(=O)CC4CC4)C3)C2=O)cs1. The van der Waals surface area contributed by atoms with Crippen LogP contribution >= 0.6 is 11.3 Å². The van der Waals surface area contributed by atoms with E-state index in [1.165, 1.54) is 12.8 Å². The first kappa shape index (κ1) is 16.1. The van der Waals surface area contributed by atoms with Crippen LogP contribution in [0.1, 0.15) is 49.2 Å². The summed E-state index contributed by atoms with van der Waals surface area (Å²) >= 11 is 1.63. The molecule has 5 nitrogen and oxygen atoms in total. The summed E-state index contributed by atoms with van der Waals surface area (Å²) in [5.41, 5.74) is 0.656. The van der Waals surface area contributed by atoms with Gasteiger partial charge in [-0.15, -0.1) is 11.3 Å². The molecule has 3 heterocycles. The van der Waals surface area contributed by atoms with Crippen molar-refractivity contribution >= 4 is 23.2 Å². The summed E-state index contributed by atoms with van der Waals surface area (Å²) in [5, 5.41) is 3.08. The number of likely N-dealkylation sites (tertiary alicyclic amines) is 2. The molecule has 0 N–H and O–H groups in total. The molecule has 130 valence electrons. The molecule has 2 saturated heterocycles. The van der Waals surface area contributed by atoms with Crippen LogP contribution in [-0.2, 0) is 16.1 Å². The molecule has 1 aliphatic carbocycles. The molecule has 1 unspecified atom stereocenters. The van der Waals surface area contributed by atoms with Crippen LogP contribution in [0.3, 0.4) is 0 Å². The summed E-state index contributed by atoms with van der Waals surface area (Å²) < 4.78 is 0. The highest BCUT2D eigenvalue weighted by Gasteiger charge is 2.49. The molecule has 2 amide bonds. The summed E-state index contributed by atoms with van der Waals surface area (Å²) in [5.74, 6) is 1.11. The smallest absolute Gasteiger partial charge is 0.231 e. The van der Waals surface area contributed by atoms with Crippen molar-refractivity contribution in [2.24, 2.45) is 11.3 Å². The Morgan fingerprint density at radius 1 is 1.38 bits per heavy atom. The van der Waals surface area contributed by atoms with Gasteiger partial charge < -0.3 is 9.80 Å². The highest BCUT2D eigenvalue weighted by Crippen LogP contribution is 2.41. The van der Waals surface area contributed by atoms with Crippen molar-refractivity contribution in [3.63, 3.8) is 0 Å². The molecule has 0 radical (unpaired) electrons. The van der Waals surface area contributed by atoms with Crippen molar-refractivity contribution in [3.05, 3.63) is 16.1 Å². The van der Waals surface area contributed by atoms with Crippen molar-refractivity contribution < 1.29 is 9.59 Å². The lowest BCUT2D eigenvalue weighted by atomic mass is 9.78. The van der Waals surface area contributed by atoms with Crippen LogP contribution in [0.4, 0.5) is 0 Å². The normalized spacial score (nSPS) is 27.3. The first-order chi connectivity index (χ1) is 11.6. The highest BCUT2D eigenvalue weighted by atomic mass is 32.1. The van der Waals surface area contributed by atoms with Gasteiger partial charge in [0.1, 0.15) is 0 Å². The fourth-order valence-corrected chi connectivity index (χ4v) is 4.75. The molecule has 3 fully saturated rings. The molecule has 4 rings (SSSR count). The Kier molecular flexibility index (Phi) is 4.11. The van der Waals surface area contributed by atoms with E-state index in [1.807, 2.05) is 22.1 Å². The fraction of sp³-hybridized carbons (Fsp3) is 0.722. The van der Waals surface area contributed by atoms with Gasteiger partial charge in [-0.05, 0) is 44.9 Å². The average molecular weight is 347 g/mol. The number of aryl methyl sites for hydroxylation is 1. The van der Waals surface area contributed by atoms with Gasteiger partial charge in [-0.1, -0.05) is 0 Å². The molecule has 2 aliphatic heterocycles. The first-order valence-corrected chi connectivity index (χ1v) is 9.92. The summed E-state index contributed by atoms with van der Waals surface area (Å²) in [7, 11) is 0. The number of thiazole rings is 1. The lowest BCUT2D eigenvalue weighted by Crippen LogP contribution is -2.49. The lowest BCUT2D eigenvalue weighted by molar-refractivity contribution is -0.143. The number of amides is 2. The molecule has 6 heteroatoms. The number of carbonyl (C=O) groups excluding carboxylic acids is 2. The van der Waals surface area contributed by atoms with E-state index in [-0.39, 0.29) is 17.2 Å². The number of rotatable bonds is 4. The highest BCUT2D eigenvalue weighted by molar-refractivity contribution is 7.09. The van der Waals surface area contributed by atoms with Gasteiger partial charge in [0.05, 0.1) is 22.7 Å². The van der Waals surface area contributed by atoms with E-state index in [4.69, 9.17) is 0 Å². The second-order valence-corrected chi connectivity index (χ2v) is 8.74. The molecule has 0 aromatic carbocycles. The Morgan fingerprint density at radius 2 is 2.21 bits per heavy atom. The van der Waals surface area contributed by atoms with Crippen LogP contribution in [0.15, 0.2) is 5.38 Å². The van der Waals surface area contributed by atoms with E-state index in [0.29, 0.717) is 25.4 Å². The lowest BCUT2D eigenvalue weighted by Gasteiger charge is -2.39. The maximum absolute atomic E-state index is 13.1. The summed E-state index contributed by atoms with van der Waals surface area (Å²) in [6.45, 7) is 4.85. The molecular formula is C18H25N3O2S. The summed E-state index contributed by atoms with van der Waals surface area (Å²) in [6.07, 6.45) is 5.83.